The highest BCUT2D eigenvalue weighted by molar-refractivity contribution is 7.89. The summed E-state index contributed by atoms with van der Waals surface area (Å²) in [7, 11) is -1.87. The normalized spacial score (nSPS) is 11.4. The Labute approximate surface area is 175 Å². The quantitative estimate of drug-likeness (QED) is 0.518. The van der Waals surface area contributed by atoms with Crippen LogP contribution in [0.15, 0.2) is 90.1 Å². The lowest BCUT2D eigenvalue weighted by molar-refractivity contribution is 0.597. The van der Waals surface area contributed by atoms with E-state index in [0.29, 0.717) is 12.4 Å². The summed E-state index contributed by atoms with van der Waals surface area (Å²) in [6.45, 7) is 0.540. The number of benzene rings is 2. The first-order valence-electron chi connectivity index (χ1n) is 9.31. The van der Waals surface area contributed by atoms with Crippen molar-refractivity contribution in [2.45, 2.75) is 11.4 Å². The molecular weight excluding hydrogens is 398 g/mol. The maximum absolute atomic E-state index is 11.5. The van der Waals surface area contributed by atoms with Gasteiger partial charge in [-0.2, -0.15) is 5.10 Å². The molecule has 152 valence electrons. The third kappa shape index (κ3) is 4.24. The van der Waals surface area contributed by atoms with Gasteiger partial charge in [-0.3, -0.25) is 0 Å². The molecule has 4 aromatic rings. The highest BCUT2D eigenvalue weighted by Crippen LogP contribution is 2.26. The van der Waals surface area contributed by atoms with Crippen molar-refractivity contribution >= 4 is 15.8 Å². The molecule has 2 aromatic carbocycles. The van der Waals surface area contributed by atoms with Gasteiger partial charge in [-0.25, -0.2) is 23.2 Å². The Morgan fingerprint density at radius 1 is 0.967 bits per heavy atom. The second-order valence-electron chi connectivity index (χ2n) is 6.90. The van der Waals surface area contributed by atoms with Crippen LogP contribution in [0.2, 0.25) is 0 Å². The molecule has 0 spiro atoms. The lowest BCUT2D eigenvalue weighted by Crippen LogP contribution is -2.18. The van der Waals surface area contributed by atoms with Crippen LogP contribution in [0.3, 0.4) is 0 Å². The van der Waals surface area contributed by atoms with Crippen molar-refractivity contribution in [2.75, 3.05) is 11.9 Å². The predicted molar refractivity (Wildman–Crippen MR) is 117 cm³/mol. The van der Waals surface area contributed by atoms with Gasteiger partial charge in [0.15, 0.2) is 0 Å². The molecule has 0 radical (unpaired) electrons. The fraction of sp³-hybridized carbons (Fsp3) is 0.0909. The lowest BCUT2D eigenvalue weighted by atomic mass is 10.1. The van der Waals surface area contributed by atoms with Gasteiger partial charge in [0.1, 0.15) is 10.7 Å². The molecule has 0 saturated carbocycles. The van der Waals surface area contributed by atoms with E-state index in [4.69, 9.17) is 10.2 Å². The van der Waals surface area contributed by atoms with E-state index < -0.39 is 10.0 Å². The van der Waals surface area contributed by atoms with E-state index in [2.05, 4.69) is 4.98 Å². The summed E-state index contributed by atoms with van der Waals surface area (Å²) < 4.78 is 24.8. The minimum atomic E-state index is -3.77. The number of hydrogen-bond donors (Lipinski definition) is 1. The van der Waals surface area contributed by atoms with Gasteiger partial charge in [0.2, 0.25) is 10.0 Å². The summed E-state index contributed by atoms with van der Waals surface area (Å²) in [4.78, 5) is 6.17. The molecule has 7 nitrogen and oxygen atoms in total. The van der Waals surface area contributed by atoms with Gasteiger partial charge in [0.05, 0.1) is 11.4 Å². The first kappa shape index (κ1) is 19.8. The lowest BCUT2D eigenvalue weighted by Gasteiger charge is -2.18. The molecule has 0 aliphatic rings. The highest BCUT2D eigenvalue weighted by atomic mass is 32.2. The van der Waals surface area contributed by atoms with Crippen LogP contribution >= 0.6 is 0 Å². The minimum Gasteiger partial charge on any atom is -0.355 e. The van der Waals surface area contributed by atoms with E-state index in [1.165, 1.54) is 12.3 Å². The number of nitrogens with two attached hydrogens (primary N) is 1. The molecular formula is C22H21N5O2S. The SMILES string of the molecule is CN(Cc1cn(-c2ccccc2)nc1-c1ccccc1)c1ccc(S(N)(=O)=O)cn1. The number of nitrogens with zero attached hydrogens (tertiary/aromatic N) is 4. The zero-order valence-corrected chi connectivity index (χ0v) is 17.2. The van der Waals surface area contributed by atoms with Crippen LogP contribution in [0, 0.1) is 0 Å². The van der Waals surface area contributed by atoms with Crippen LogP contribution in [-0.2, 0) is 16.6 Å². The summed E-state index contributed by atoms with van der Waals surface area (Å²) in [5, 5.41) is 9.97. The van der Waals surface area contributed by atoms with Crippen molar-refractivity contribution in [3.8, 4) is 16.9 Å². The van der Waals surface area contributed by atoms with E-state index in [1.807, 2.05) is 83.5 Å². The van der Waals surface area contributed by atoms with Crippen LogP contribution in [0.25, 0.3) is 16.9 Å². The summed E-state index contributed by atoms with van der Waals surface area (Å²) in [6, 6.07) is 23.0. The Morgan fingerprint density at radius 2 is 1.63 bits per heavy atom. The highest BCUT2D eigenvalue weighted by Gasteiger charge is 2.15. The van der Waals surface area contributed by atoms with Crippen LogP contribution in [0.1, 0.15) is 5.56 Å². The molecule has 2 aromatic heterocycles. The van der Waals surface area contributed by atoms with E-state index in [9.17, 15) is 8.42 Å². The van der Waals surface area contributed by atoms with Gasteiger partial charge in [0, 0.05) is 37.1 Å². The average Bonchev–Trinajstić information content (AvgIpc) is 3.18. The largest absolute Gasteiger partial charge is 0.355 e. The predicted octanol–water partition coefficient (Wildman–Crippen LogP) is 3.22. The second kappa shape index (κ2) is 8.10. The standard InChI is InChI=1S/C22H21N5O2S/c1-26(21-13-12-20(14-24-21)30(23,28)29)15-18-16-27(19-10-6-3-7-11-19)25-22(18)17-8-4-2-5-9-17/h2-14,16H,15H2,1H3,(H2,23,28,29). The Morgan fingerprint density at radius 3 is 2.23 bits per heavy atom. The Kier molecular flexibility index (Phi) is 5.35. The minimum absolute atomic E-state index is 0.0125. The molecule has 0 saturated heterocycles. The van der Waals surface area contributed by atoms with Crippen molar-refractivity contribution in [3.05, 3.63) is 90.8 Å². The van der Waals surface area contributed by atoms with Gasteiger partial charge in [-0.05, 0) is 24.3 Å². The average molecular weight is 420 g/mol. The van der Waals surface area contributed by atoms with Crippen LogP contribution in [0.5, 0.6) is 0 Å². The number of sulfonamides is 1. The fourth-order valence-corrected chi connectivity index (χ4v) is 3.64. The molecule has 0 bridgehead atoms. The molecule has 2 heterocycles. The number of pyridine rings is 1. The summed E-state index contributed by atoms with van der Waals surface area (Å²) in [5.74, 6) is 0.633. The molecule has 2 N–H and O–H groups in total. The number of para-hydroxylation sites is 1. The van der Waals surface area contributed by atoms with Crippen molar-refractivity contribution in [1.82, 2.24) is 14.8 Å². The molecule has 0 fully saturated rings. The van der Waals surface area contributed by atoms with Gasteiger partial charge in [-0.1, -0.05) is 48.5 Å². The van der Waals surface area contributed by atoms with Gasteiger partial charge < -0.3 is 4.90 Å². The molecule has 0 aliphatic carbocycles. The molecule has 4 rings (SSSR count). The van der Waals surface area contributed by atoms with E-state index in [1.54, 1.807) is 6.07 Å². The number of hydrogen-bond acceptors (Lipinski definition) is 5. The zero-order chi connectivity index (χ0) is 21.1. The third-order valence-corrected chi connectivity index (χ3v) is 5.60. The van der Waals surface area contributed by atoms with E-state index in [-0.39, 0.29) is 4.90 Å². The van der Waals surface area contributed by atoms with Gasteiger partial charge in [0.25, 0.3) is 0 Å². The third-order valence-electron chi connectivity index (χ3n) is 4.71. The van der Waals surface area contributed by atoms with Crippen molar-refractivity contribution in [1.29, 1.82) is 0 Å². The van der Waals surface area contributed by atoms with Crippen molar-refractivity contribution in [2.24, 2.45) is 5.14 Å². The number of rotatable bonds is 6. The second-order valence-corrected chi connectivity index (χ2v) is 8.46. The Bertz CT molecular complexity index is 1240. The van der Waals surface area contributed by atoms with Crippen molar-refractivity contribution in [3.63, 3.8) is 0 Å². The first-order valence-corrected chi connectivity index (χ1v) is 10.9. The molecule has 8 heteroatoms. The topological polar surface area (TPSA) is 94.1 Å². The van der Waals surface area contributed by atoms with Crippen LogP contribution in [-0.4, -0.2) is 30.2 Å². The van der Waals surface area contributed by atoms with Gasteiger partial charge >= 0.3 is 0 Å². The van der Waals surface area contributed by atoms with Crippen molar-refractivity contribution < 1.29 is 8.42 Å². The first-order chi connectivity index (χ1) is 14.4. The molecule has 0 atom stereocenters. The molecule has 0 amide bonds. The monoisotopic (exact) mass is 419 g/mol. The summed E-state index contributed by atoms with van der Waals surface area (Å²) in [5.41, 5.74) is 3.89. The smallest absolute Gasteiger partial charge is 0.239 e. The summed E-state index contributed by atoms with van der Waals surface area (Å²) >= 11 is 0. The Hall–Kier alpha value is -3.49. The number of anilines is 1. The number of primary sulfonamides is 1. The fourth-order valence-electron chi connectivity index (χ4n) is 3.18. The van der Waals surface area contributed by atoms with E-state index in [0.717, 1.165) is 22.5 Å². The van der Waals surface area contributed by atoms with Gasteiger partial charge in [-0.15, -0.1) is 0 Å². The van der Waals surface area contributed by atoms with E-state index >= 15 is 0 Å². The molecule has 0 aliphatic heterocycles. The molecule has 30 heavy (non-hydrogen) atoms. The Balaban J connectivity index is 1.68. The summed E-state index contributed by atoms with van der Waals surface area (Å²) in [6.07, 6.45) is 3.28. The number of aromatic nitrogens is 3. The van der Waals surface area contributed by atoms with Crippen LogP contribution in [0.4, 0.5) is 5.82 Å². The maximum Gasteiger partial charge on any atom is 0.239 e. The zero-order valence-electron chi connectivity index (χ0n) is 16.4. The van der Waals surface area contributed by atoms with Crippen LogP contribution < -0.4 is 10.0 Å². The molecule has 0 unspecified atom stereocenters. The maximum atomic E-state index is 11.5.